The van der Waals surface area contributed by atoms with E-state index in [1.165, 1.54) is 19.2 Å². The highest BCUT2D eigenvalue weighted by Crippen LogP contribution is 2.55. The molecule has 0 amide bonds. The average Bonchev–Trinajstić information content (AvgIpc) is 3.04. The zero-order valence-electron chi connectivity index (χ0n) is 9.49. The molecule has 2 rings (SSSR count). The fourth-order valence-corrected chi connectivity index (χ4v) is 2.13. The van der Waals surface area contributed by atoms with Gasteiger partial charge in [-0.3, -0.25) is 4.79 Å². The number of rotatable bonds is 3. The van der Waals surface area contributed by atoms with Gasteiger partial charge in [0.25, 0.3) is 0 Å². The van der Waals surface area contributed by atoms with E-state index >= 15 is 0 Å². The Hall–Kier alpha value is -1.56. The minimum Gasteiger partial charge on any atom is -0.481 e. The van der Waals surface area contributed by atoms with Crippen molar-refractivity contribution < 1.29 is 27.8 Å². The third-order valence-electron chi connectivity index (χ3n) is 3.27. The van der Waals surface area contributed by atoms with Crippen LogP contribution in [-0.4, -0.2) is 18.2 Å². The van der Waals surface area contributed by atoms with Crippen LogP contribution in [0.15, 0.2) is 24.3 Å². The number of hydrogen-bond donors (Lipinski definition) is 1. The van der Waals surface area contributed by atoms with Crippen molar-refractivity contribution in [2.75, 3.05) is 7.11 Å². The summed E-state index contributed by atoms with van der Waals surface area (Å²) < 4.78 is 42.4. The van der Waals surface area contributed by atoms with Crippen molar-refractivity contribution in [1.82, 2.24) is 0 Å². The number of halogens is 3. The first-order chi connectivity index (χ1) is 8.31. The molecule has 3 nitrogen and oxygen atoms in total. The van der Waals surface area contributed by atoms with Gasteiger partial charge in [-0.25, -0.2) is 0 Å². The second kappa shape index (κ2) is 3.98. The summed E-state index contributed by atoms with van der Waals surface area (Å²) in [5.74, 6) is -1.70. The van der Waals surface area contributed by atoms with E-state index in [4.69, 9.17) is 9.84 Å². The molecule has 1 fully saturated rings. The Morgan fingerprint density at radius 1 is 1.39 bits per heavy atom. The van der Waals surface area contributed by atoms with Gasteiger partial charge in [-0.2, -0.15) is 13.2 Å². The molecule has 1 saturated carbocycles. The molecular formula is C12H11F3O3. The molecule has 0 heterocycles. The van der Waals surface area contributed by atoms with Crippen molar-refractivity contribution in [1.29, 1.82) is 0 Å². The molecule has 2 unspecified atom stereocenters. The van der Waals surface area contributed by atoms with Gasteiger partial charge in [-0.15, -0.1) is 0 Å². The maximum atomic E-state index is 12.4. The molecule has 0 aliphatic heterocycles. The third-order valence-corrected chi connectivity index (χ3v) is 3.27. The van der Waals surface area contributed by atoms with Gasteiger partial charge in [0.05, 0.1) is 11.5 Å². The summed E-state index contributed by atoms with van der Waals surface area (Å²) in [6, 6.07) is 4.42. The Labute approximate surface area is 101 Å². The number of hydrogen-bond acceptors (Lipinski definition) is 2. The van der Waals surface area contributed by atoms with E-state index in [0.717, 1.165) is 12.1 Å². The molecule has 0 spiro atoms. The lowest BCUT2D eigenvalue weighted by Crippen LogP contribution is -2.17. The lowest BCUT2D eigenvalue weighted by atomic mass is 10.0. The van der Waals surface area contributed by atoms with Crippen LogP contribution in [0.2, 0.25) is 0 Å². The van der Waals surface area contributed by atoms with Crippen LogP contribution in [0, 0.1) is 5.92 Å². The Morgan fingerprint density at radius 2 is 1.94 bits per heavy atom. The number of alkyl halides is 3. The van der Waals surface area contributed by atoms with Crippen molar-refractivity contribution >= 4 is 5.97 Å². The summed E-state index contributed by atoms with van der Waals surface area (Å²) >= 11 is 0. The molecule has 2 atom stereocenters. The molecule has 18 heavy (non-hydrogen) atoms. The highest BCUT2D eigenvalue weighted by Gasteiger charge is 2.60. The minimum atomic E-state index is -4.39. The number of benzene rings is 1. The van der Waals surface area contributed by atoms with Gasteiger partial charge in [0.2, 0.25) is 0 Å². The van der Waals surface area contributed by atoms with E-state index in [9.17, 15) is 18.0 Å². The van der Waals surface area contributed by atoms with Gasteiger partial charge in [-0.05, 0) is 24.1 Å². The van der Waals surface area contributed by atoms with Crippen LogP contribution in [0.4, 0.5) is 13.2 Å². The largest absolute Gasteiger partial charge is 0.481 e. The van der Waals surface area contributed by atoms with Crippen LogP contribution < -0.4 is 0 Å². The number of methoxy groups -OCH3 is 1. The summed E-state index contributed by atoms with van der Waals surface area (Å²) in [6.45, 7) is 0. The highest BCUT2D eigenvalue weighted by molar-refractivity contribution is 5.76. The molecule has 0 bridgehead atoms. The topological polar surface area (TPSA) is 46.5 Å². The standard InChI is InChI=1S/C12H11F3O3/c1-18-11(6-9(11)10(16)17)7-2-4-8(5-3-7)12(13,14)15/h2-5,9H,6H2,1H3,(H,16,17). The third kappa shape index (κ3) is 1.96. The Kier molecular flexibility index (Phi) is 2.85. The smallest absolute Gasteiger partial charge is 0.416 e. The van der Waals surface area contributed by atoms with Gasteiger partial charge in [0, 0.05) is 7.11 Å². The molecule has 1 aliphatic rings. The minimum absolute atomic E-state index is 0.282. The fourth-order valence-electron chi connectivity index (χ4n) is 2.13. The summed E-state index contributed by atoms with van der Waals surface area (Å²) in [5.41, 5.74) is -1.27. The normalized spacial score (nSPS) is 27.0. The van der Waals surface area contributed by atoms with Crippen LogP contribution in [0.1, 0.15) is 17.5 Å². The highest BCUT2D eigenvalue weighted by atomic mass is 19.4. The molecule has 0 radical (unpaired) electrons. The van der Waals surface area contributed by atoms with Gasteiger partial charge >= 0.3 is 12.1 Å². The van der Waals surface area contributed by atoms with Crippen molar-refractivity contribution in [2.24, 2.45) is 5.92 Å². The predicted octanol–water partition coefficient (Wildman–Crippen LogP) is 2.65. The summed E-state index contributed by atoms with van der Waals surface area (Å²) in [4.78, 5) is 10.9. The van der Waals surface area contributed by atoms with E-state index in [0.29, 0.717) is 5.56 Å². The maximum Gasteiger partial charge on any atom is 0.416 e. The first-order valence-electron chi connectivity index (χ1n) is 5.27. The van der Waals surface area contributed by atoms with Crippen molar-refractivity contribution in [3.05, 3.63) is 35.4 Å². The Balaban J connectivity index is 2.28. The average molecular weight is 260 g/mol. The van der Waals surface area contributed by atoms with Crippen LogP contribution in [0.3, 0.4) is 0 Å². The maximum absolute atomic E-state index is 12.4. The van der Waals surface area contributed by atoms with E-state index in [2.05, 4.69) is 0 Å². The van der Waals surface area contributed by atoms with Crippen LogP contribution >= 0.6 is 0 Å². The van der Waals surface area contributed by atoms with E-state index in [1.54, 1.807) is 0 Å². The summed E-state index contributed by atoms with van der Waals surface area (Å²) in [5, 5.41) is 8.91. The first kappa shape index (κ1) is 12.9. The van der Waals surface area contributed by atoms with Gasteiger partial charge in [0.1, 0.15) is 5.60 Å². The zero-order chi connectivity index (χ0) is 13.6. The number of carboxylic acids is 1. The van der Waals surface area contributed by atoms with E-state index in [-0.39, 0.29) is 6.42 Å². The van der Waals surface area contributed by atoms with Gasteiger partial charge in [0.15, 0.2) is 0 Å². The first-order valence-corrected chi connectivity index (χ1v) is 5.27. The van der Waals surface area contributed by atoms with Gasteiger partial charge in [-0.1, -0.05) is 12.1 Å². The monoisotopic (exact) mass is 260 g/mol. The number of carboxylic acid groups (broad SMARTS) is 1. The second-order valence-electron chi connectivity index (χ2n) is 4.26. The molecule has 1 aromatic carbocycles. The molecule has 6 heteroatoms. The van der Waals surface area contributed by atoms with E-state index in [1.807, 2.05) is 0 Å². The fraction of sp³-hybridized carbons (Fsp3) is 0.417. The molecule has 1 aromatic rings. The summed E-state index contributed by atoms with van der Waals surface area (Å²) in [7, 11) is 1.36. The quantitative estimate of drug-likeness (QED) is 0.908. The predicted molar refractivity (Wildman–Crippen MR) is 55.9 cm³/mol. The lowest BCUT2D eigenvalue weighted by Gasteiger charge is -2.16. The number of carbonyl (C=O) groups is 1. The number of aliphatic carboxylic acids is 1. The van der Waals surface area contributed by atoms with Crippen LogP contribution in [0.5, 0.6) is 0 Å². The van der Waals surface area contributed by atoms with Crippen molar-refractivity contribution in [2.45, 2.75) is 18.2 Å². The molecular weight excluding hydrogens is 249 g/mol. The Morgan fingerprint density at radius 3 is 2.28 bits per heavy atom. The van der Waals surface area contributed by atoms with Crippen LogP contribution in [0.25, 0.3) is 0 Å². The Bertz CT molecular complexity index is 466. The van der Waals surface area contributed by atoms with Crippen LogP contribution in [-0.2, 0) is 21.3 Å². The molecule has 98 valence electrons. The lowest BCUT2D eigenvalue weighted by molar-refractivity contribution is -0.141. The SMILES string of the molecule is COC1(c2ccc(C(F)(F)F)cc2)CC1C(=O)O. The van der Waals surface area contributed by atoms with Crippen molar-refractivity contribution in [3.63, 3.8) is 0 Å². The molecule has 0 aromatic heterocycles. The zero-order valence-corrected chi connectivity index (χ0v) is 9.49. The second-order valence-corrected chi connectivity index (χ2v) is 4.26. The molecule has 0 saturated heterocycles. The van der Waals surface area contributed by atoms with Crippen molar-refractivity contribution in [3.8, 4) is 0 Å². The molecule has 1 N–H and O–H groups in total. The molecule has 1 aliphatic carbocycles. The summed E-state index contributed by atoms with van der Waals surface area (Å²) in [6.07, 6.45) is -4.11. The van der Waals surface area contributed by atoms with E-state index < -0.39 is 29.2 Å². The number of ether oxygens (including phenoxy) is 1. The van der Waals surface area contributed by atoms with Gasteiger partial charge < -0.3 is 9.84 Å².